The summed E-state index contributed by atoms with van der Waals surface area (Å²) < 4.78 is 7.02. The molecule has 1 aliphatic rings. The Bertz CT molecular complexity index is 826. The van der Waals surface area contributed by atoms with Gasteiger partial charge in [0.05, 0.1) is 19.0 Å². The van der Waals surface area contributed by atoms with E-state index in [1.54, 1.807) is 13.2 Å². The topological polar surface area (TPSA) is 86.9 Å². The monoisotopic (exact) mass is 528 g/mol. The first-order valence-electron chi connectivity index (χ1n) is 10.2. The molecule has 0 radical (unpaired) electrons. The number of phenolic OH excluding ortho intramolecular Hbond substituents is 1. The van der Waals surface area contributed by atoms with Gasteiger partial charge in [0.1, 0.15) is 0 Å². The number of aryl methyl sites for hydroxylation is 1. The van der Waals surface area contributed by atoms with E-state index < -0.39 is 0 Å². The lowest BCUT2D eigenvalue weighted by molar-refractivity contribution is 0.373. The van der Waals surface area contributed by atoms with Crippen molar-refractivity contribution in [2.24, 2.45) is 12.0 Å². The number of aliphatic imine (C=N–C) groups is 1. The van der Waals surface area contributed by atoms with Gasteiger partial charge in [-0.25, -0.2) is 0 Å². The van der Waals surface area contributed by atoms with E-state index in [0.29, 0.717) is 18.3 Å². The van der Waals surface area contributed by atoms with E-state index in [1.165, 1.54) is 5.69 Å². The number of benzene rings is 1. The number of anilines is 1. The van der Waals surface area contributed by atoms with Crippen LogP contribution in [0.15, 0.2) is 35.6 Å². The van der Waals surface area contributed by atoms with Crippen LogP contribution in [0.2, 0.25) is 0 Å². The van der Waals surface area contributed by atoms with E-state index >= 15 is 0 Å². The van der Waals surface area contributed by atoms with Crippen molar-refractivity contribution < 1.29 is 9.84 Å². The van der Waals surface area contributed by atoms with Crippen LogP contribution in [0, 0.1) is 0 Å². The van der Waals surface area contributed by atoms with Crippen LogP contribution in [0.1, 0.15) is 25.3 Å². The SMILES string of the molecule is CCNC(=NCCc1ccc(O)c(OC)c1)NC1CCCN(c2cnn(C)c2)C1.I. The van der Waals surface area contributed by atoms with E-state index in [1.807, 2.05) is 30.1 Å². The van der Waals surface area contributed by atoms with Gasteiger partial charge in [0.2, 0.25) is 0 Å². The largest absolute Gasteiger partial charge is 0.504 e. The van der Waals surface area contributed by atoms with Crippen molar-refractivity contribution in [2.45, 2.75) is 32.2 Å². The zero-order valence-corrected chi connectivity index (χ0v) is 20.3. The van der Waals surface area contributed by atoms with E-state index in [-0.39, 0.29) is 29.7 Å². The molecule has 1 fully saturated rings. The Morgan fingerprint density at radius 1 is 1.40 bits per heavy atom. The summed E-state index contributed by atoms with van der Waals surface area (Å²) in [5.74, 6) is 1.50. The minimum atomic E-state index is 0. The van der Waals surface area contributed by atoms with Gasteiger partial charge >= 0.3 is 0 Å². The second kappa shape index (κ2) is 11.9. The first-order valence-corrected chi connectivity index (χ1v) is 10.2. The number of hydrogen-bond acceptors (Lipinski definition) is 5. The standard InChI is InChI=1S/C21H32N6O2.HI/c1-4-22-21(23-10-9-16-7-8-19(28)20(12-16)29-3)25-17-6-5-11-27(14-17)18-13-24-26(2)15-18;/h7-8,12-13,15,17,28H,4-6,9-11,14H2,1-3H3,(H2,22,23,25);1H. The van der Waals surface area contributed by atoms with Gasteiger partial charge in [-0.2, -0.15) is 5.10 Å². The number of guanidine groups is 1. The van der Waals surface area contributed by atoms with Gasteiger partial charge in [0.15, 0.2) is 17.5 Å². The minimum Gasteiger partial charge on any atom is -0.504 e. The number of phenols is 1. The molecule has 2 aromatic rings. The molecule has 1 aromatic carbocycles. The highest BCUT2D eigenvalue weighted by Crippen LogP contribution is 2.26. The van der Waals surface area contributed by atoms with E-state index in [0.717, 1.165) is 50.4 Å². The van der Waals surface area contributed by atoms with Crippen LogP contribution in [-0.2, 0) is 13.5 Å². The highest BCUT2D eigenvalue weighted by atomic mass is 127. The van der Waals surface area contributed by atoms with E-state index in [9.17, 15) is 5.11 Å². The van der Waals surface area contributed by atoms with Crippen molar-refractivity contribution in [3.63, 3.8) is 0 Å². The molecule has 1 aromatic heterocycles. The molecule has 30 heavy (non-hydrogen) atoms. The summed E-state index contributed by atoms with van der Waals surface area (Å²) in [6, 6.07) is 5.77. The maximum absolute atomic E-state index is 9.72. The number of nitrogens with zero attached hydrogens (tertiary/aromatic N) is 4. The number of nitrogens with one attached hydrogen (secondary N) is 2. The van der Waals surface area contributed by atoms with Crippen LogP contribution in [0.3, 0.4) is 0 Å². The van der Waals surface area contributed by atoms with Gasteiger partial charge in [-0.15, -0.1) is 24.0 Å². The molecule has 1 unspecified atom stereocenters. The van der Waals surface area contributed by atoms with Crippen LogP contribution in [0.25, 0.3) is 0 Å². The Morgan fingerprint density at radius 3 is 2.93 bits per heavy atom. The quantitative estimate of drug-likeness (QED) is 0.291. The summed E-state index contributed by atoms with van der Waals surface area (Å²) in [5.41, 5.74) is 2.25. The van der Waals surface area contributed by atoms with E-state index in [4.69, 9.17) is 9.73 Å². The number of piperidine rings is 1. The maximum atomic E-state index is 9.72. The normalized spacial score (nSPS) is 16.7. The number of halogens is 1. The fourth-order valence-corrected chi connectivity index (χ4v) is 3.59. The van der Waals surface area contributed by atoms with Gasteiger partial charge in [-0.05, 0) is 43.9 Å². The molecule has 0 aliphatic carbocycles. The zero-order chi connectivity index (χ0) is 20.6. The van der Waals surface area contributed by atoms with Crippen molar-refractivity contribution in [1.82, 2.24) is 20.4 Å². The van der Waals surface area contributed by atoms with Crippen LogP contribution >= 0.6 is 24.0 Å². The minimum absolute atomic E-state index is 0. The predicted molar refractivity (Wildman–Crippen MR) is 131 cm³/mol. The fourth-order valence-electron chi connectivity index (χ4n) is 3.59. The average molecular weight is 528 g/mol. The summed E-state index contributed by atoms with van der Waals surface area (Å²) in [5, 5.41) is 20.9. The summed E-state index contributed by atoms with van der Waals surface area (Å²) in [4.78, 5) is 7.11. The molecule has 1 saturated heterocycles. The van der Waals surface area contributed by atoms with Gasteiger partial charge in [-0.1, -0.05) is 6.07 Å². The molecule has 0 amide bonds. The molecule has 3 N–H and O–H groups in total. The van der Waals surface area contributed by atoms with Gasteiger partial charge in [-0.3, -0.25) is 9.67 Å². The molecule has 8 nitrogen and oxygen atoms in total. The van der Waals surface area contributed by atoms with Crippen molar-refractivity contribution in [1.29, 1.82) is 0 Å². The third-order valence-corrected chi connectivity index (χ3v) is 5.08. The summed E-state index contributed by atoms with van der Waals surface area (Å²) >= 11 is 0. The number of methoxy groups -OCH3 is 1. The van der Waals surface area contributed by atoms with Crippen LogP contribution in [-0.4, -0.2) is 60.2 Å². The maximum Gasteiger partial charge on any atom is 0.191 e. The van der Waals surface area contributed by atoms with Crippen molar-refractivity contribution in [2.75, 3.05) is 38.2 Å². The molecular weight excluding hydrogens is 495 g/mol. The molecule has 3 rings (SSSR count). The van der Waals surface area contributed by atoms with Crippen molar-refractivity contribution in [3.05, 3.63) is 36.2 Å². The van der Waals surface area contributed by atoms with Crippen molar-refractivity contribution >= 4 is 35.6 Å². The lowest BCUT2D eigenvalue weighted by atomic mass is 10.1. The number of aromatic nitrogens is 2. The highest BCUT2D eigenvalue weighted by molar-refractivity contribution is 14.0. The van der Waals surface area contributed by atoms with Crippen LogP contribution in [0.5, 0.6) is 11.5 Å². The Balaban J connectivity index is 0.00000320. The molecule has 1 aliphatic heterocycles. The summed E-state index contributed by atoms with van der Waals surface area (Å²) in [6.45, 7) is 5.54. The first kappa shape index (κ1) is 24.1. The van der Waals surface area contributed by atoms with Gasteiger partial charge < -0.3 is 25.4 Å². The molecule has 0 bridgehead atoms. The Labute approximate surface area is 195 Å². The Morgan fingerprint density at radius 2 is 2.23 bits per heavy atom. The van der Waals surface area contributed by atoms with Gasteiger partial charge in [0.25, 0.3) is 0 Å². The molecule has 1 atom stereocenters. The van der Waals surface area contributed by atoms with Gasteiger partial charge in [0, 0.05) is 45.5 Å². The number of ether oxygens (including phenoxy) is 1. The second-order valence-electron chi connectivity index (χ2n) is 7.32. The number of hydrogen-bond donors (Lipinski definition) is 3. The van der Waals surface area contributed by atoms with Crippen LogP contribution < -0.4 is 20.3 Å². The fraction of sp³-hybridized carbons (Fsp3) is 0.524. The third kappa shape index (κ3) is 6.68. The summed E-state index contributed by atoms with van der Waals surface area (Å²) in [6.07, 6.45) is 7.02. The predicted octanol–water partition coefficient (Wildman–Crippen LogP) is 2.52. The molecular formula is C21H33IN6O2. The lowest BCUT2D eigenvalue weighted by Gasteiger charge is -2.34. The Hall–Kier alpha value is -2.17. The molecule has 9 heteroatoms. The number of aromatic hydroxyl groups is 1. The molecule has 0 saturated carbocycles. The second-order valence-corrected chi connectivity index (χ2v) is 7.32. The van der Waals surface area contributed by atoms with E-state index in [2.05, 4.69) is 33.8 Å². The van der Waals surface area contributed by atoms with Crippen molar-refractivity contribution in [3.8, 4) is 11.5 Å². The smallest absolute Gasteiger partial charge is 0.191 e. The third-order valence-electron chi connectivity index (χ3n) is 5.08. The highest BCUT2D eigenvalue weighted by Gasteiger charge is 2.21. The van der Waals surface area contributed by atoms with Crippen LogP contribution in [0.4, 0.5) is 5.69 Å². The zero-order valence-electron chi connectivity index (χ0n) is 18.0. The first-order chi connectivity index (χ1) is 14.1. The molecule has 166 valence electrons. The lowest BCUT2D eigenvalue weighted by Crippen LogP contribution is -2.51. The summed E-state index contributed by atoms with van der Waals surface area (Å²) in [7, 11) is 3.51. The molecule has 0 spiro atoms. The average Bonchev–Trinajstić information content (AvgIpc) is 3.16. The Kier molecular flexibility index (Phi) is 9.54. The number of rotatable bonds is 7. The molecule has 2 heterocycles.